The molecule has 1 saturated heterocycles. The van der Waals surface area contributed by atoms with Gasteiger partial charge in [0.2, 0.25) is 11.9 Å². The molecule has 1 aromatic carbocycles. The lowest BCUT2D eigenvalue weighted by Gasteiger charge is -2.35. The summed E-state index contributed by atoms with van der Waals surface area (Å²) < 4.78 is 0. The van der Waals surface area contributed by atoms with E-state index in [1.54, 1.807) is 47.6 Å². The van der Waals surface area contributed by atoms with Crippen LogP contribution >= 0.6 is 11.6 Å². The van der Waals surface area contributed by atoms with Crippen molar-refractivity contribution in [1.29, 1.82) is 0 Å². The third kappa shape index (κ3) is 5.57. The van der Waals surface area contributed by atoms with Crippen LogP contribution in [0.5, 0.6) is 0 Å². The van der Waals surface area contributed by atoms with Gasteiger partial charge in [-0.15, -0.1) is 0 Å². The molecule has 0 aliphatic carbocycles. The van der Waals surface area contributed by atoms with E-state index in [2.05, 4.69) is 20.6 Å². The Bertz CT molecular complexity index is 823. The number of rotatable bonds is 5. The van der Waals surface area contributed by atoms with Crippen LogP contribution in [0.4, 0.5) is 16.4 Å². The first kappa shape index (κ1) is 20.9. The lowest BCUT2D eigenvalue weighted by molar-refractivity contribution is -0.118. The summed E-state index contributed by atoms with van der Waals surface area (Å²) in [5.74, 6) is 0.340. The van der Waals surface area contributed by atoms with E-state index in [4.69, 9.17) is 11.6 Å². The molecule has 2 aromatic rings. The molecule has 1 aromatic heterocycles. The zero-order valence-corrected chi connectivity index (χ0v) is 17.3. The highest BCUT2D eigenvalue weighted by Gasteiger charge is 2.28. The molecule has 2 N–H and O–H groups in total. The fourth-order valence-corrected chi connectivity index (χ4v) is 3.20. The van der Waals surface area contributed by atoms with Crippen molar-refractivity contribution >= 4 is 35.2 Å². The Morgan fingerprint density at radius 2 is 1.66 bits per heavy atom. The number of hydrogen-bond donors (Lipinski definition) is 2. The standard InChI is InChI=1S/C20H25ClN6O2/c1-14(2)17(18(28)24-16-6-4-15(21)5-7-16)25-20(29)27-12-10-26(11-13-27)19-22-8-3-9-23-19/h3-9,14,17H,10-13H2,1-2H3,(H,24,28)(H,25,29)/t17-/m1/s1. The number of nitrogens with zero attached hydrogens (tertiary/aromatic N) is 4. The number of amides is 3. The van der Waals surface area contributed by atoms with Crippen molar-refractivity contribution in [2.75, 3.05) is 36.4 Å². The Labute approximate surface area is 175 Å². The van der Waals surface area contributed by atoms with Crippen LogP contribution in [-0.2, 0) is 4.79 Å². The number of hydrogen-bond acceptors (Lipinski definition) is 5. The summed E-state index contributed by atoms with van der Waals surface area (Å²) in [5, 5.41) is 6.30. The number of anilines is 2. The lowest BCUT2D eigenvalue weighted by Crippen LogP contribution is -2.56. The molecular formula is C20H25ClN6O2. The SMILES string of the molecule is CC(C)[C@@H](NC(=O)N1CCN(c2ncccn2)CC1)C(=O)Nc1ccc(Cl)cc1. The van der Waals surface area contributed by atoms with Crippen LogP contribution < -0.4 is 15.5 Å². The summed E-state index contributed by atoms with van der Waals surface area (Å²) in [4.78, 5) is 37.7. The Morgan fingerprint density at radius 3 is 2.24 bits per heavy atom. The highest BCUT2D eigenvalue weighted by atomic mass is 35.5. The molecule has 2 heterocycles. The minimum absolute atomic E-state index is 0.0646. The summed E-state index contributed by atoms with van der Waals surface area (Å²) in [5.41, 5.74) is 0.635. The van der Waals surface area contributed by atoms with Gasteiger partial charge in [0, 0.05) is 49.3 Å². The fraction of sp³-hybridized carbons (Fsp3) is 0.400. The van der Waals surface area contributed by atoms with Crippen molar-refractivity contribution in [3.05, 3.63) is 47.7 Å². The highest BCUT2D eigenvalue weighted by molar-refractivity contribution is 6.30. The minimum atomic E-state index is -0.645. The normalized spacial score (nSPS) is 15.2. The fourth-order valence-electron chi connectivity index (χ4n) is 3.08. The third-order valence-corrected chi connectivity index (χ3v) is 4.99. The van der Waals surface area contributed by atoms with Gasteiger partial charge < -0.3 is 20.4 Å². The van der Waals surface area contributed by atoms with E-state index in [0.717, 1.165) is 0 Å². The Kier molecular flexibility index (Phi) is 6.87. The third-order valence-electron chi connectivity index (χ3n) is 4.74. The number of halogens is 1. The van der Waals surface area contributed by atoms with Crippen molar-refractivity contribution in [3.63, 3.8) is 0 Å². The first-order chi connectivity index (χ1) is 13.9. The maximum absolute atomic E-state index is 12.7. The van der Waals surface area contributed by atoms with Gasteiger partial charge in [-0.05, 0) is 36.2 Å². The Morgan fingerprint density at radius 1 is 1.03 bits per heavy atom. The van der Waals surface area contributed by atoms with Crippen molar-refractivity contribution in [3.8, 4) is 0 Å². The monoisotopic (exact) mass is 416 g/mol. The van der Waals surface area contributed by atoms with E-state index in [1.807, 2.05) is 18.7 Å². The zero-order valence-electron chi connectivity index (χ0n) is 16.5. The van der Waals surface area contributed by atoms with Gasteiger partial charge in [-0.2, -0.15) is 0 Å². The molecule has 154 valence electrons. The summed E-state index contributed by atoms with van der Waals surface area (Å²) in [6, 6.07) is 7.74. The van der Waals surface area contributed by atoms with Gasteiger partial charge in [0.15, 0.2) is 0 Å². The summed E-state index contributed by atoms with van der Waals surface area (Å²) in [6.45, 7) is 6.15. The number of benzene rings is 1. The van der Waals surface area contributed by atoms with E-state index in [9.17, 15) is 9.59 Å². The first-order valence-electron chi connectivity index (χ1n) is 9.58. The minimum Gasteiger partial charge on any atom is -0.337 e. The predicted octanol–water partition coefficient (Wildman–Crippen LogP) is 2.62. The van der Waals surface area contributed by atoms with E-state index >= 15 is 0 Å². The molecule has 1 fully saturated rings. The molecule has 0 spiro atoms. The number of aromatic nitrogens is 2. The summed E-state index contributed by atoms with van der Waals surface area (Å²) in [7, 11) is 0. The van der Waals surface area contributed by atoms with E-state index in [0.29, 0.717) is 42.8 Å². The molecule has 0 radical (unpaired) electrons. The largest absolute Gasteiger partial charge is 0.337 e. The van der Waals surface area contributed by atoms with Gasteiger partial charge in [-0.3, -0.25) is 4.79 Å². The van der Waals surface area contributed by atoms with E-state index < -0.39 is 6.04 Å². The van der Waals surface area contributed by atoms with Gasteiger partial charge in [-0.1, -0.05) is 25.4 Å². The zero-order chi connectivity index (χ0) is 20.8. The Balaban J connectivity index is 1.55. The smallest absolute Gasteiger partial charge is 0.318 e. The number of carbonyl (C=O) groups excluding carboxylic acids is 2. The van der Waals surface area contributed by atoms with Crippen LogP contribution in [-0.4, -0.2) is 59.0 Å². The van der Waals surface area contributed by atoms with E-state index in [-0.39, 0.29) is 17.9 Å². The van der Waals surface area contributed by atoms with Crippen LogP contribution in [0, 0.1) is 5.92 Å². The predicted molar refractivity (Wildman–Crippen MR) is 113 cm³/mol. The number of nitrogens with one attached hydrogen (secondary N) is 2. The summed E-state index contributed by atoms with van der Waals surface area (Å²) in [6.07, 6.45) is 3.40. The number of piperazine rings is 1. The summed E-state index contributed by atoms with van der Waals surface area (Å²) >= 11 is 5.88. The Hall–Kier alpha value is -2.87. The van der Waals surface area contributed by atoms with Crippen LogP contribution in [0.3, 0.4) is 0 Å². The van der Waals surface area contributed by atoms with Gasteiger partial charge in [0.1, 0.15) is 6.04 Å². The van der Waals surface area contributed by atoms with Crippen LogP contribution in [0.25, 0.3) is 0 Å². The molecular weight excluding hydrogens is 392 g/mol. The molecule has 29 heavy (non-hydrogen) atoms. The second kappa shape index (κ2) is 9.56. The lowest BCUT2D eigenvalue weighted by atomic mass is 10.0. The molecule has 8 nitrogen and oxygen atoms in total. The van der Waals surface area contributed by atoms with Gasteiger partial charge in [-0.25, -0.2) is 14.8 Å². The number of urea groups is 1. The molecule has 1 atom stereocenters. The molecule has 9 heteroatoms. The van der Waals surface area contributed by atoms with Crippen molar-refractivity contribution in [2.24, 2.45) is 5.92 Å². The maximum Gasteiger partial charge on any atom is 0.318 e. The highest BCUT2D eigenvalue weighted by Crippen LogP contribution is 2.15. The van der Waals surface area contributed by atoms with Crippen molar-refractivity contribution < 1.29 is 9.59 Å². The van der Waals surface area contributed by atoms with Crippen LogP contribution in [0.15, 0.2) is 42.7 Å². The van der Waals surface area contributed by atoms with Crippen LogP contribution in [0.2, 0.25) is 5.02 Å². The topological polar surface area (TPSA) is 90.5 Å². The molecule has 0 saturated carbocycles. The van der Waals surface area contributed by atoms with Gasteiger partial charge in [0.05, 0.1) is 0 Å². The average Bonchev–Trinajstić information content (AvgIpc) is 2.74. The average molecular weight is 417 g/mol. The molecule has 1 aliphatic heterocycles. The van der Waals surface area contributed by atoms with Crippen LogP contribution in [0.1, 0.15) is 13.8 Å². The first-order valence-corrected chi connectivity index (χ1v) is 9.95. The number of carbonyl (C=O) groups is 2. The second-order valence-electron chi connectivity index (χ2n) is 7.19. The van der Waals surface area contributed by atoms with Gasteiger partial charge >= 0.3 is 6.03 Å². The van der Waals surface area contributed by atoms with Gasteiger partial charge in [0.25, 0.3) is 0 Å². The molecule has 3 rings (SSSR count). The molecule has 3 amide bonds. The molecule has 1 aliphatic rings. The molecule has 0 bridgehead atoms. The van der Waals surface area contributed by atoms with Crippen molar-refractivity contribution in [1.82, 2.24) is 20.2 Å². The quantitative estimate of drug-likeness (QED) is 0.781. The maximum atomic E-state index is 12.7. The molecule has 0 unspecified atom stereocenters. The second-order valence-corrected chi connectivity index (χ2v) is 7.63. The van der Waals surface area contributed by atoms with Crippen molar-refractivity contribution in [2.45, 2.75) is 19.9 Å². The van der Waals surface area contributed by atoms with E-state index in [1.165, 1.54) is 0 Å².